The highest BCUT2D eigenvalue weighted by atomic mass is 16.5. The van der Waals surface area contributed by atoms with Crippen LogP contribution >= 0.6 is 0 Å². The summed E-state index contributed by atoms with van der Waals surface area (Å²) in [5.74, 6) is 0.369. The second-order valence-electron chi connectivity index (χ2n) is 10.1. The molecule has 9 nitrogen and oxygen atoms in total. The van der Waals surface area contributed by atoms with Gasteiger partial charge >= 0.3 is 6.03 Å². The fourth-order valence-corrected chi connectivity index (χ4v) is 5.02. The lowest BCUT2D eigenvalue weighted by Crippen LogP contribution is -2.40. The number of piperidine rings is 1. The SMILES string of the molecule is COCCNC(=O)NCc1ccc(-n2ccnc(NC3CCN(Cc4ccc5ccccc5c4)CC3)c2=O)cc1. The monoisotopic (exact) mass is 540 g/mol. The third kappa shape index (κ3) is 7.05. The van der Waals surface area contributed by atoms with E-state index in [4.69, 9.17) is 4.74 Å². The molecule has 1 aliphatic rings. The second kappa shape index (κ2) is 13.2. The van der Waals surface area contributed by atoms with E-state index in [9.17, 15) is 9.59 Å². The van der Waals surface area contributed by atoms with Crippen LogP contribution in [-0.4, -0.2) is 59.9 Å². The van der Waals surface area contributed by atoms with Gasteiger partial charge in [-0.15, -0.1) is 0 Å². The number of benzene rings is 3. The summed E-state index contributed by atoms with van der Waals surface area (Å²) in [7, 11) is 1.59. The first-order valence-electron chi connectivity index (χ1n) is 13.7. The van der Waals surface area contributed by atoms with Crippen LogP contribution in [-0.2, 0) is 17.8 Å². The van der Waals surface area contributed by atoms with Gasteiger partial charge in [-0.2, -0.15) is 0 Å². The number of rotatable bonds is 10. The van der Waals surface area contributed by atoms with E-state index in [1.165, 1.54) is 16.3 Å². The number of nitrogens with zero attached hydrogens (tertiary/aromatic N) is 3. The van der Waals surface area contributed by atoms with E-state index < -0.39 is 0 Å². The summed E-state index contributed by atoms with van der Waals surface area (Å²) in [5.41, 5.74) is 2.82. The quantitative estimate of drug-likeness (QED) is 0.264. The van der Waals surface area contributed by atoms with E-state index in [0.717, 1.165) is 43.7 Å². The van der Waals surface area contributed by atoms with E-state index in [2.05, 4.69) is 68.3 Å². The number of hydrogen-bond donors (Lipinski definition) is 3. The maximum atomic E-state index is 13.2. The van der Waals surface area contributed by atoms with Gasteiger partial charge < -0.3 is 20.7 Å². The van der Waals surface area contributed by atoms with Gasteiger partial charge in [0.15, 0.2) is 5.82 Å². The average Bonchev–Trinajstić information content (AvgIpc) is 2.98. The highest BCUT2D eigenvalue weighted by Crippen LogP contribution is 2.20. The van der Waals surface area contributed by atoms with Gasteiger partial charge in [-0.05, 0) is 52.9 Å². The third-order valence-electron chi connectivity index (χ3n) is 7.25. The number of carbonyl (C=O) groups is 1. The summed E-state index contributed by atoms with van der Waals surface area (Å²) < 4.78 is 6.52. The van der Waals surface area contributed by atoms with Gasteiger partial charge in [0.25, 0.3) is 5.56 Å². The summed E-state index contributed by atoms with van der Waals surface area (Å²) >= 11 is 0. The lowest BCUT2D eigenvalue weighted by Gasteiger charge is -2.32. The molecule has 1 aromatic heterocycles. The molecule has 0 spiro atoms. The van der Waals surface area contributed by atoms with Crippen LogP contribution in [0.1, 0.15) is 24.0 Å². The molecule has 0 radical (unpaired) electrons. The Morgan fingerprint density at radius 1 is 0.975 bits per heavy atom. The van der Waals surface area contributed by atoms with Crippen molar-refractivity contribution in [3.63, 3.8) is 0 Å². The first kappa shape index (κ1) is 27.4. The second-order valence-corrected chi connectivity index (χ2v) is 10.1. The molecule has 1 fully saturated rings. The molecule has 2 heterocycles. The van der Waals surface area contributed by atoms with Gasteiger partial charge in [0.05, 0.1) is 6.61 Å². The lowest BCUT2D eigenvalue weighted by atomic mass is 10.0. The number of fused-ring (bicyclic) bond motifs is 1. The van der Waals surface area contributed by atoms with Crippen LogP contribution in [0, 0.1) is 0 Å². The fraction of sp³-hybridized carbons (Fsp3) is 0.323. The normalized spacial score (nSPS) is 14.2. The maximum Gasteiger partial charge on any atom is 0.315 e. The first-order valence-corrected chi connectivity index (χ1v) is 13.7. The lowest BCUT2D eigenvalue weighted by molar-refractivity contribution is 0.196. The zero-order chi connectivity index (χ0) is 27.7. The predicted octanol–water partition coefficient (Wildman–Crippen LogP) is 3.91. The molecule has 0 saturated carbocycles. The Kier molecular flexibility index (Phi) is 9.05. The number of likely N-dealkylation sites (tertiary alicyclic amines) is 1. The predicted molar refractivity (Wildman–Crippen MR) is 158 cm³/mol. The molecule has 0 unspecified atom stereocenters. The topological polar surface area (TPSA) is 101 Å². The summed E-state index contributed by atoms with van der Waals surface area (Å²) in [4.78, 5) is 31.9. The fourth-order valence-electron chi connectivity index (χ4n) is 5.02. The number of nitrogens with one attached hydrogen (secondary N) is 3. The molecule has 1 aliphatic heterocycles. The van der Waals surface area contributed by atoms with Crippen molar-refractivity contribution >= 4 is 22.6 Å². The van der Waals surface area contributed by atoms with Crippen LogP contribution in [0.15, 0.2) is 83.9 Å². The number of amides is 2. The number of methoxy groups -OCH3 is 1. The van der Waals surface area contributed by atoms with Crippen molar-refractivity contribution in [1.82, 2.24) is 25.1 Å². The van der Waals surface area contributed by atoms with E-state index in [-0.39, 0.29) is 17.6 Å². The molecule has 1 saturated heterocycles. The smallest absolute Gasteiger partial charge is 0.315 e. The zero-order valence-corrected chi connectivity index (χ0v) is 22.8. The first-order chi connectivity index (χ1) is 19.6. The maximum absolute atomic E-state index is 13.2. The molecule has 4 aromatic rings. The minimum Gasteiger partial charge on any atom is -0.383 e. The van der Waals surface area contributed by atoms with E-state index in [1.807, 2.05) is 24.3 Å². The number of carbonyl (C=O) groups excluding carboxylic acids is 1. The van der Waals surface area contributed by atoms with Crippen LogP contribution < -0.4 is 21.5 Å². The standard InChI is InChI=1S/C31H36N6O3/c1-40-19-15-33-31(39)34-21-23-7-10-28(11-8-23)37-18-14-32-29(30(37)38)35-27-12-16-36(17-13-27)22-24-6-9-25-4-2-3-5-26(25)20-24/h2-11,14,18,20,27H,12-13,15-17,19,21-22H2,1H3,(H,32,35)(H2,33,34,39). The minimum absolute atomic E-state index is 0.176. The van der Waals surface area contributed by atoms with Crippen molar-refractivity contribution in [2.24, 2.45) is 0 Å². The molecule has 2 amide bonds. The van der Waals surface area contributed by atoms with E-state index >= 15 is 0 Å². The molecular formula is C31H36N6O3. The molecule has 0 aliphatic carbocycles. The summed E-state index contributed by atoms with van der Waals surface area (Å²) in [6, 6.07) is 22.6. The van der Waals surface area contributed by atoms with E-state index in [0.29, 0.717) is 25.5 Å². The van der Waals surface area contributed by atoms with Crippen LogP contribution in [0.5, 0.6) is 0 Å². The Hall–Kier alpha value is -4.21. The van der Waals surface area contributed by atoms with Gasteiger partial charge in [0.2, 0.25) is 0 Å². The number of anilines is 1. The number of aromatic nitrogens is 2. The highest BCUT2D eigenvalue weighted by Gasteiger charge is 2.21. The Labute approximate surface area is 234 Å². The Balaban J connectivity index is 1.14. The Morgan fingerprint density at radius 2 is 1.73 bits per heavy atom. The molecule has 40 heavy (non-hydrogen) atoms. The number of ether oxygens (including phenoxy) is 1. The Bertz CT molecular complexity index is 1480. The van der Waals surface area contributed by atoms with Crippen molar-refractivity contribution in [2.75, 3.05) is 38.7 Å². The number of hydrogen-bond acceptors (Lipinski definition) is 6. The molecular weight excluding hydrogens is 504 g/mol. The summed E-state index contributed by atoms with van der Waals surface area (Å²) in [5, 5.41) is 11.5. The highest BCUT2D eigenvalue weighted by molar-refractivity contribution is 5.83. The van der Waals surface area contributed by atoms with Crippen molar-refractivity contribution in [1.29, 1.82) is 0 Å². The van der Waals surface area contributed by atoms with Crippen LogP contribution in [0.3, 0.4) is 0 Å². The van der Waals surface area contributed by atoms with Crippen LogP contribution in [0.4, 0.5) is 10.6 Å². The van der Waals surface area contributed by atoms with Gasteiger partial charge in [-0.25, -0.2) is 9.78 Å². The molecule has 0 bridgehead atoms. The molecule has 0 atom stereocenters. The third-order valence-corrected chi connectivity index (χ3v) is 7.25. The van der Waals surface area contributed by atoms with Gasteiger partial charge in [0, 0.05) is 64.0 Å². The molecule has 3 aromatic carbocycles. The molecule has 9 heteroatoms. The molecule has 208 valence electrons. The van der Waals surface area contributed by atoms with Gasteiger partial charge in [-0.3, -0.25) is 14.3 Å². The van der Waals surface area contributed by atoms with Crippen molar-refractivity contribution in [2.45, 2.75) is 32.0 Å². The molecule has 5 rings (SSSR count). The Morgan fingerprint density at radius 3 is 2.50 bits per heavy atom. The minimum atomic E-state index is -0.248. The zero-order valence-electron chi connectivity index (χ0n) is 22.8. The summed E-state index contributed by atoms with van der Waals surface area (Å²) in [6.45, 7) is 4.16. The van der Waals surface area contributed by atoms with Crippen molar-refractivity contribution < 1.29 is 9.53 Å². The van der Waals surface area contributed by atoms with Crippen LogP contribution in [0.2, 0.25) is 0 Å². The van der Waals surface area contributed by atoms with Crippen LogP contribution in [0.25, 0.3) is 16.5 Å². The van der Waals surface area contributed by atoms with E-state index in [1.54, 1.807) is 24.1 Å². The summed E-state index contributed by atoms with van der Waals surface area (Å²) in [6.07, 6.45) is 5.23. The average molecular weight is 541 g/mol. The molecule has 3 N–H and O–H groups in total. The largest absolute Gasteiger partial charge is 0.383 e. The van der Waals surface area contributed by atoms with Gasteiger partial charge in [0.1, 0.15) is 0 Å². The van der Waals surface area contributed by atoms with Crippen molar-refractivity contribution in [3.8, 4) is 5.69 Å². The van der Waals surface area contributed by atoms with Crippen molar-refractivity contribution in [3.05, 3.63) is 101 Å². The number of urea groups is 1. The van der Waals surface area contributed by atoms with Gasteiger partial charge in [-0.1, -0.05) is 48.5 Å².